The van der Waals surface area contributed by atoms with Gasteiger partial charge in [0.15, 0.2) is 0 Å². The first-order chi connectivity index (χ1) is 22.3. The molecular formula is C32H33F3N8O4. The van der Waals surface area contributed by atoms with E-state index in [1.54, 1.807) is 49.5 Å². The van der Waals surface area contributed by atoms with Crippen molar-refractivity contribution >= 4 is 23.6 Å². The van der Waals surface area contributed by atoms with E-state index in [0.717, 1.165) is 0 Å². The van der Waals surface area contributed by atoms with Crippen molar-refractivity contribution in [3.8, 4) is 22.7 Å². The Balaban J connectivity index is 1.31. The van der Waals surface area contributed by atoms with Gasteiger partial charge in [0.05, 0.1) is 11.4 Å². The van der Waals surface area contributed by atoms with Gasteiger partial charge in [-0.15, -0.1) is 0 Å². The molecule has 12 nitrogen and oxygen atoms in total. The van der Waals surface area contributed by atoms with Crippen molar-refractivity contribution in [1.82, 2.24) is 25.1 Å². The minimum Gasteiger partial charge on any atom is -0.480 e. The molecule has 2 aromatic heterocycles. The second kappa shape index (κ2) is 12.2. The molecule has 246 valence electrons. The fourth-order valence-corrected chi connectivity index (χ4v) is 6.31. The van der Waals surface area contributed by atoms with Crippen LogP contribution in [0.15, 0.2) is 60.8 Å². The SMILES string of the molecule is Cc1ccn(-c2cc(-c3cccc(C(N)=O)c3)ccc2[C@@H](Oc2cc(N3CCC4(CC3)CN[C@H](C(=O)O)C4)nc(N)n2)C(F)(F)F)n1. The highest BCUT2D eigenvalue weighted by atomic mass is 19.4. The molecule has 0 aliphatic carbocycles. The third-order valence-electron chi connectivity index (χ3n) is 8.81. The number of nitrogens with one attached hydrogen (secondary N) is 1. The van der Waals surface area contributed by atoms with E-state index in [9.17, 15) is 27.9 Å². The van der Waals surface area contributed by atoms with Gasteiger partial charge in [-0.25, -0.2) is 4.68 Å². The number of alkyl halides is 3. The average Bonchev–Trinajstić information content (AvgIpc) is 3.66. The molecule has 0 bridgehead atoms. The van der Waals surface area contributed by atoms with Crippen molar-refractivity contribution in [2.75, 3.05) is 30.3 Å². The molecular weight excluding hydrogens is 617 g/mol. The van der Waals surface area contributed by atoms with Gasteiger partial charge in [0.1, 0.15) is 11.9 Å². The lowest BCUT2D eigenvalue weighted by Crippen LogP contribution is -2.41. The van der Waals surface area contributed by atoms with Gasteiger partial charge in [0.2, 0.25) is 23.8 Å². The number of carbonyl (C=O) groups excluding carboxylic acids is 1. The number of anilines is 2. The first-order valence-corrected chi connectivity index (χ1v) is 15.0. The summed E-state index contributed by atoms with van der Waals surface area (Å²) < 4.78 is 51.5. The maximum atomic E-state index is 14.8. The number of rotatable bonds is 8. The lowest BCUT2D eigenvalue weighted by molar-refractivity contribution is -0.198. The highest BCUT2D eigenvalue weighted by molar-refractivity contribution is 5.94. The van der Waals surface area contributed by atoms with E-state index in [1.165, 1.54) is 22.9 Å². The minimum absolute atomic E-state index is 0.107. The van der Waals surface area contributed by atoms with Crippen LogP contribution in [0.2, 0.25) is 0 Å². The summed E-state index contributed by atoms with van der Waals surface area (Å²) in [5.41, 5.74) is 13.1. The summed E-state index contributed by atoms with van der Waals surface area (Å²) in [5.74, 6) is -1.81. The summed E-state index contributed by atoms with van der Waals surface area (Å²) >= 11 is 0. The first kappa shape index (κ1) is 31.8. The van der Waals surface area contributed by atoms with Crippen molar-refractivity contribution in [1.29, 1.82) is 0 Å². The number of aliphatic carboxylic acids is 1. The Morgan fingerprint density at radius 3 is 2.47 bits per heavy atom. The number of carbonyl (C=O) groups is 2. The summed E-state index contributed by atoms with van der Waals surface area (Å²) in [4.78, 5) is 33.4. The van der Waals surface area contributed by atoms with Crippen molar-refractivity contribution in [3.63, 3.8) is 0 Å². The molecule has 1 amide bonds. The summed E-state index contributed by atoms with van der Waals surface area (Å²) in [7, 11) is 0. The molecule has 15 heteroatoms. The Hall–Kier alpha value is -5.18. The topological polar surface area (TPSA) is 175 Å². The molecule has 2 saturated heterocycles. The van der Waals surface area contributed by atoms with Crippen molar-refractivity contribution in [2.24, 2.45) is 11.1 Å². The van der Waals surface area contributed by atoms with Gasteiger partial charge in [-0.1, -0.05) is 24.3 Å². The number of ether oxygens (including phenoxy) is 1. The summed E-state index contributed by atoms with van der Waals surface area (Å²) in [6.07, 6.45) is -3.92. The smallest absolute Gasteiger partial charge is 0.429 e. The van der Waals surface area contributed by atoms with E-state index < -0.39 is 30.2 Å². The minimum atomic E-state index is -4.88. The molecule has 2 aliphatic heterocycles. The number of aryl methyl sites for hydroxylation is 1. The van der Waals surface area contributed by atoms with Gasteiger partial charge in [0, 0.05) is 43.0 Å². The predicted octanol–water partition coefficient (Wildman–Crippen LogP) is 4.03. The molecule has 2 aliphatic rings. The Morgan fingerprint density at radius 1 is 1.09 bits per heavy atom. The van der Waals surface area contributed by atoms with Crippen LogP contribution >= 0.6 is 0 Å². The maximum absolute atomic E-state index is 14.8. The molecule has 1 spiro atoms. The predicted molar refractivity (Wildman–Crippen MR) is 166 cm³/mol. The monoisotopic (exact) mass is 650 g/mol. The van der Waals surface area contributed by atoms with Crippen LogP contribution in [0.3, 0.4) is 0 Å². The maximum Gasteiger partial charge on any atom is 0.429 e. The number of carboxylic acids is 1. The molecule has 6 rings (SSSR count). The van der Waals surface area contributed by atoms with Crippen LogP contribution < -0.4 is 26.4 Å². The number of hydrogen-bond acceptors (Lipinski definition) is 9. The second-order valence-electron chi connectivity index (χ2n) is 12.0. The summed E-state index contributed by atoms with van der Waals surface area (Å²) in [6.45, 7) is 3.32. The number of carboxylic acid groups (broad SMARTS) is 1. The van der Waals surface area contributed by atoms with Gasteiger partial charge in [0.25, 0.3) is 0 Å². The lowest BCUT2D eigenvalue weighted by atomic mass is 9.76. The van der Waals surface area contributed by atoms with Crippen LogP contribution in [0.4, 0.5) is 24.9 Å². The number of nitrogens with zero attached hydrogens (tertiary/aromatic N) is 5. The summed E-state index contributed by atoms with van der Waals surface area (Å²) in [5, 5.41) is 16.8. The molecule has 0 saturated carbocycles. The van der Waals surface area contributed by atoms with E-state index in [1.807, 2.05) is 4.90 Å². The molecule has 4 aromatic rings. The van der Waals surface area contributed by atoms with Crippen LogP contribution in [0, 0.1) is 12.3 Å². The molecule has 4 heterocycles. The molecule has 2 atom stereocenters. The number of benzene rings is 2. The lowest BCUT2D eigenvalue weighted by Gasteiger charge is -2.39. The van der Waals surface area contributed by atoms with Gasteiger partial charge in [-0.3, -0.25) is 9.59 Å². The Morgan fingerprint density at radius 2 is 1.83 bits per heavy atom. The van der Waals surface area contributed by atoms with Crippen LogP contribution in [-0.4, -0.2) is 68.6 Å². The van der Waals surface area contributed by atoms with Crippen LogP contribution in [0.25, 0.3) is 16.8 Å². The Bertz CT molecular complexity index is 1820. The number of halogens is 3. The second-order valence-corrected chi connectivity index (χ2v) is 12.0. The van der Waals surface area contributed by atoms with Crippen LogP contribution in [-0.2, 0) is 4.79 Å². The highest BCUT2D eigenvalue weighted by Crippen LogP contribution is 2.43. The van der Waals surface area contributed by atoms with Crippen LogP contribution in [0.1, 0.15) is 47.0 Å². The normalized spacial score (nSPS) is 18.3. The van der Waals surface area contributed by atoms with Gasteiger partial charge in [-0.05, 0) is 67.0 Å². The molecule has 2 aromatic carbocycles. The first-order valence-electron chi connectivity index (χ1n) is 15.0. The van der Waals surface area contributed by atoms with Gasteiger partial charge >= 0.3 is 12.1 Å². The standard InChI is InChI=1S/C32H33F3N8O4/c1-18-7-10-43(41-18)24-14-20(19-3-2-4-21(13-19)28(36)44)5-6-22(24)27(32(33,34)35)47-26-15-25(39-30(37)40-26)42-11-8-31(9-12-42)16-23(29(45)46)38-17-31/h2-7,10,13-15,23,27,38H,8-9,11-12,16-17H2,1H3,(H2,36,44)(H,45,46)(H2,37,39,40)/t23-,27+/m0/s1. The molecule has 2 fully saturated rings. The molecule has 6 N–H and O–H groups in total. The zero-order chi connectivity index (χ0) is 33.5. The zero-order valence-corrected chi connectivity index (χ0v) is 25.4. The number of aromatic nitrogens is 4. The number of nitrogens with two attached hydrogens (primary N) is 2. The number of hydrogen-bond donors (Lipinski definition) is 4. The Labute approximate surface area is 267 Å². The van der Waals surface area contributed by atoms with Gasteiger partial charge in [-0.2, -0.15) is 28.2 Å². The number of nitrogen functional groups attached to an aromatic ring is 1. The molecule has 0 radical (unpaired) electrons. The fraction of sp³-hybridized carbons (Fsp3) is 0.344. The number of primary amides is 1. The number of amides is 1. The average molecular weight is 651 g/mol. The fourth-order valence-electron chi connectivity index (χ4n) is 6.31. The quantitative estimate of drug-likeness (QED) is 0.218. The largest absolute Gasteiger partial charge is 0.480 e. The van der Waals surface area contributed by atoms with E-state index in [4.69, 9.17) is 16.2 Å². The van der Waals surface area contributed by atoms with Gasteiger partial charge < -0.3 is 31.5 Å². The molecule has 47 heavy (non-hydrogen) atoms. The molecule has 0 unspecified atom stereocenters. The van der Waals surface area contributed by atoms with E-state index in [0.29, 0.717) is 61.5 Å². The summed E-state index contributed by atoms with van der Waals surface area (Å²) in [6, 6.07) is 13.2. The van der Waals surface area contributed by atoms with E-state index >= 15 is 0 Å². The van der Waals surface area contributed by atoms with Crippen LogP contribution in [0.5, 0.6) is 5.88 Å². The Kier molecular flexibility index (Phi) is 8.26. The van der Waals surface area contributed by atoms with Crippen molar-refractivity contribution in [3.05, 3.63) is 77.6 Å². The third-order valence-corrected chi connectivity index (χ3v) is 8.81. The van der Waals surface area contributed by atoms with E-state index in [-0.39, 0.29) is 34.1 Å². The van der Waals surface area contributed by atoms with Crippen molar-refractivity contribution in [2.45, 2.75) is 44.5 Å². The zero-order valence-electron chi connectivity index (χ0n) is 25.4. The van der Waals surface area contributed by atoms with Crippen molar-refractivity contribution < 1.29 is 32.6 Å². The third kappa shape index (κ3) is 6.70. The van der Waals surface area contributed by atoms with E-state index in [2.05, 4.69) is 20.4 Å². The highest BCUT2D eigenvalue weighted by Gasteiger charge is 2.46. The number of piperidine rings is 1.